The summed E-state index contributed by atoms with van der Waals surface area (Å²) in [6, 6.07) is 14.8. The van der Waals surface area contributed by atoms with Crippen LogP contribution in [0.3, 0.4) is 0 Å². The molecule has 0 saturated heterocycles. The van der Waals surface area contributed by atoms with Gasteiger partial charge in [-0.2, -0.15) is 0 Å². The van der Waals surface area contributed by atoms with Crippen LogP contribution in [-0.4, -0.2) is 18.5 Å². The monoisotopic (exact) mass is 356 g/mol. The van der Waals surface area contributed by atoms with E-state index in [-0.39, 0.29) is 11.7 Å². The maximum Gasteiger partial charge on any atom is 0.224 e. The van der Waals surface area contributed by atoms with Gasteiger partial charge in [0.05, 0.1) is 5.41 Å². The largest absolute Gasteiger partial charge is 0.489 e. The maximum atomic E-state index is 13.2. The van der Waals surface area contributed by atoms with Gasteiger partial charge in [-0.25, -0.2) is 4.39 Å². The standard InChI is InChI=1S/C21H25FN2O2/c1-21(2,20(23)25)13-24-19-11-18(19)15-6-8-17(9-7-15)26-12-14-4-3-5-16(22)10-14/h3-10,18-19,24H,11-13H2,1-2H3,(H2,23,25). The third kappa shape index (κ3) is 4.61. The highest BCUT2D eigenvalue weighted by atomic mass is 19.1. The number of amides is 1. The van der Waals surface area contributed by atoms with E-state index in [2.05, 4.69) is 17.4 Å². The van der Waals surface area contributed by atoms with Crippen LogP contribution in [0.25, 0.3) is 0 Å². The summed E-state index contributed by atoms with van der Waals surface area (Å²) < 4.78 is 18.9. The number of nitrogens with two attached hydrogens (primary N) is 1. The van der Waals surface area contributed by atoms with E-state index >= 15 is 0 Å². The Balaban J connectivity index is 1.49. The molecule has 2 atom stereocenters. The zero-order valence-electron chi connectivity index (χ0n) is 15.2. The summed E-state index contributed by atoms with van der Waals surface area (Å²) in [4.78, 5) is 11.4. The molecule has 0 radical (unpaired) electrons. The Hall–Kier alpha value is -2.40. The molecule has 0 heterocycles. The van der Waals surface area contributed by atoms with Crippen molar-refractivity contribution < 1.29 is 13.9 Å². The van der Waals surface area contributed by atoms with Crippen LogP contribution in [-0.2, 0) is 11.4 Å². The molecule has 0 spiro atoms. The van der Waals surface area contributed by atoms with Gasteiger partial charge in [-0.05, 0) is 55.7 Å². The summed E-state index contributed by atoms with van der Waals surface area (Å²) in [7, 11) is 0. The molecule has 3 N–H and O–H groups in total. The van der Waals surface area contributed by atoms with Gasteiger partial charge in [-0.1, -0.05) is 24.3 Å². The normalized spacial score (nSPS) is 19.2. The predicted octanol–water partition coefficient (Wildman–Crippen LogP) is 3.36. The van der Waals surface area contributed by atoms with Crippen molar-refractivity contribution in [1.29, 1.82) is 0 Å². The van der Waals surface area contributed by atoms with Gasteiger partial charge in [0.25, 0.3) is 0 Å². The van der Waals surface area contributed by atoms with E-state index in [0.717, 1.165) is 17.7 Å². The quantitative estimate of drug-likeness (QED) is 0.762. The lowest BCUT2D eigenvalue weighted by atomic mass is 9.93. The number of carbonyl (C=O) groups is 1. The third-order valence-electron chi connectivity index (χ3n) is 4.87. The van der Waals surface area contributed by atoms with Gasteiger partial charge in [-0.15, -0.1) is 0 Å². The molecular weight excluding hydrogens is 331 g/mol. The first-order valence-corrected chi connectivity index (χ1v) is 8.86. The molecule has 2 aromatic rings. The van der Waals surface area contributed by atoms with Crippen LogP contribution >= 0.6 is 0 Å². The lowest BCUT2D eigenvalue weighted by Crippen LogP contribution is -2.41. The molecule has 5 heteroatoms. The van der Waals surface area contributed by atoms with E-state index in [1.807, 2.05) is 32.0 Å². The number of hydrogen-bond donors (Lipinski definition) is 2. The van der Waals surface area contributed by atoms with Gasteiger partial charge in [0.15, 0.2) is 0 Å². The number of carbonyl (C=O) groups excluding carboxylic acids is 1. The molecule has 1 aliphatic rings. The van der Waals surface area contributed by atoms with Crippen LogP contribution in [0.2, 0.25) is 0 Å². The van der Waals surface area contributed by atoms with Crippen molar-refractivity contribution in [3.8, 4) is 5.75 Å². The molecule has 0 bridgehead atoms. The third-order valence-corrected chi connectivity index (χ3v) is 4.87. The highest BCUT2D eigenvalue weighted by Crippen LogP contribution is 2.41. The van der Waals surface area contributed by atoms with Crippen LogP contribution in [0.15, 0.2) is 48.5 Å². The predicted molar refractivity (Wildman–Crippen MR) is 99.3 cm³/mol. The Labute approximate surface area is 153 Å². The Morgan fingerprint density at radius 1 is 1.27 bits per heavy atom. The second-order valence-corrected chi connectivity index (χ2v) is 7.57. The first-order chi connectivity index (χ1) is 12.3. The number of nitrogens with one attached hydrogen (secondary N) is 1. The zero-order chi connectivity index (χ0) is 18.7. The van der Waals surface area contributed by atoms with Crippen molar-refractivity contribution in [3.05, 3.63) is 65.5 Å². The van der Waals surface area contributed by atoms with Crippen molar-refractivity contribution in [2.45, 2.75) is 38.8 Å². The lowest BCUT2D eigenvalue weighted by molar-refractivity contribution is -0.125. The highest BCUT2D eigenvalue weighted by Gasteiger charge is 2.39. The number of benzene rings is 2. The molecule has 2 unspecified atom stereocenters. The van der Waals surface area contributed by atoms with E-state index in [1.165, 1.54) is 17.7 Å². The van der Waals surface area contributed by atoms with E-state index < -0.39 is 5.41 Å². The van der Waals surface area contributed by atoms with E-state index in [9.17, 15) is 9.18 Å². The smallest absolute Gasteiger partial charge is 0.224 e. The van der Waals surface area contributed by atoms with Gasteiger partial charge in [0.1, 0.15) is 18.2 Å². The van der Waals surface area contributed by atoms with Gasteiger partial charge >= 0.3 is 0 Å². The zero-order valence-corrected chi connectivity index (χ0v) is 15.2. The first-order valence-electron chi connectivity index (χ1n) is 8.86. The first kappa shape index (κ1) is 18.4. The Bertz CT molecular complexity index is 774. The van der Waals surface area contributed by atoms with Crippen molar-refractivity contribution in [3.63, 3.8) is 0 Å². The average molecular weight is 356 g/mol. The van der Waals surface area contributed by atoms with Crippen LogP contribution < -0.4 is 15.8 Å². The van der Waals surface area contributed by atoms with Crippen molar-refractivity contribution >= 4 is 5.91 Å². The van der Waals surface area contributed by atoms with Crippen LogP contribution in [0.4, 0.5) is 4.39 Å². The minimum atomic E-state index is -0.540. The molecule has 4 nitrogen and oxygen atoms in total. The topological polar surface area (TPSA) is 64.3 Å². The molecule has 26 heavy (non-hydrogen) atoms. The minimum absolute atomic E-state index is 0.256. The number of hydrogen-bond acceptors (Lipinski definition) is 3. The molecule has 3 rings (SSSR count). The van der Waals surface area contributed by atoms with Crippen molar-refractivity contribution in [1.82, 2.24) is 5.32 Å². The molecule has 2 aromatic carbocycles. The molecule has 138 valence electrons. The second-order valence-electron chi connectivity index (χ2n) is 7.57. The molecule has 1 saturated carbocycles. The van der Waals surface area contributed by atoms with Crippen molar-refractivity contribution in [2.24, 2.45) is 11.1 Å². The van der Waals surface area contributed by atoms with E-state index in [1.54, 1.807) is 6.07 Å². The average Bonchev–Trinajstić information content (AvgIpc) is 3.38. The maximum absolute atomic E-state index is 13.2. The Morgan fingerprint density at radius 2 is 2.00 bits per heavy atom. The van der Waals surface area contributed by atoms with Gasteiger partial charge in [0, 0.05) is 18.5 Å². The fourth-order valence-electron chi connectivity index (χ4n) is 2.87. The molecule has 0 aromatic heterocycles. The van der Waals surface area contributed by atoms with Crippen LogP contribution in [0.1, 0.15) is 37.3 Å². The van der Waals surface area contributed by atoms with Gasteiger partial charge < -0.3 is 15.8 Å². The highest BCUT2D eigenvalue weighted by molar-refractivity contribution is 5.80. The lowest BCUT2D eigenvalue weighted by Gasteiger charge is -2.20. The molecule has 1 aliphatic carbocycles. The molecule has 1 fully saturated rings. The van der Waals surface area contributed by atoms with Gasteiger partial charge in [0.2, 0.25) is 5.91 Å². The number of primary amides is 1. The minimum Gasteiger partial charge on any atom is -0.489 e. The van der Waals surface area contributed by atoms with Crippen LogP contribution in [0, 0.1) is 11.2 Å². The van der Waals surface area contributed by atoms with Gasteiger partial charge in [-0.3, -0.25) is 4.79 Å². The van der Waals surface area contributed by atoms with E-state index in [0.29, 0.717) is 25.1 Å². The summed E-state index contributed by atoms with van der Waals surface area (Å²) in [5.41, 5.74) is 6.92. The second kappa shape index (κ2) is 7.46. The Kier molecular flexibility index (Phi) is 5.28. The number of rotatable bonds is 8. The Morgan fingerprint density at radius 3 is 2.65 bits per heavy atom. The SMILES string of the molecule is CC(C)(CNC1CC1c1ccc(OCc2cccc(F)c2)cc1)C(N)=O. The molecule has 1 amide bonds. The number of ether oxygens (including phenoxy) is 1. The summed E-state index contributed by atoms with van der Waals surface area (Å²) in [6.45, 7) is 4.63. The molecular formula is C21H25FN2O2. The fourth-order valence-corrected chi connectivity index (χ4v) is 2.87. The summed E-state index contributed by atoms with van der Waals surface area (Å²) in [5.74, 6) is 0.671. The van der Waals surface area contributed by atoms with E-state index in [4.69, 9.17) is 10.5 Å². The summed E-state index contributed by atoms with van der Waals surface area (Å²) >= 11 is 0. The van der Waals surface area contributed by atoms with Crippen molar-refractivity contribution in [2.75, 3.05) is 6.54 Å². The molecule has 0 aliphatic heterocycles. The number of halogens is 1. The summed E-state index contributed by atoms with van der Waals surface area (Å²) in [5, 5.41) is 3.43. The van der Waals surface area contributed by atoms with Crippen LogP contribution in [0.5, 0.6) is 5.75 Å². The summed E-state index contributed by atoms with van der Waals surface area (Å²) in [6.07, 6.45) is 1.05. The fraction of sp³-hybridized carbons (Fsp3) is 0.381.